The fourth-order valence-corrected chi connectivity index (χ4v) is 4.10. The monoisotopic (exact) mass is 306 g/mol. The van der Waals surface area contributed by atoms with E-state index in [-0.39, 0.29) is 10.8 Å². The van der Waals surface area contributed by atoms with Crippen molar-refractivity contribution in [3.8, 4) is 0 Å². The Bertz CT molecular complexity index is 495. The molecule has 19 heavy (non-hydrogen) atoms. The highest BCUT2D eigenvalue weighted by Gasteiger charge is 2.17. The molecule has 1 aromatic rings. The number of sulfonamides is 1. The van der Waals surface area contributed by atoms with Crippen LogP contribution in [0.15, 0.2) is 16.3 Å². The second-order valence-corrected chi connectivity index (χ2v) is 7.39. The summed E-state index contributed by atoms with van der Waals surface area (Å²) < 4.78 is 32.0. The van der Waals surface area contributed by atoms with E-state index in [4.69, 9.17) is 9.84 Å². The first-order valence-electron chi connectivity index (χ1n) is 6.11. The minimum atomic E-state index is -3.45. The van der Waals surface area contributed by atoms with E-state index in [0.717, 1.165) is 24.4 Å². The van der Waals surface area contributed by atoms with Crippen LogP contribution in [0.5, 0.6) is 0 Å². The summed E-state index contributed by atoms with van der Waals surface area (Å²) in [5, 5.41) is 8.94. The standard InChI is InChI=1S/C11H18N2O4S2/c14-9-10-1-2-11(18-10)19(15,16)12-3-4-13-5-7-17-8-6-13/h1-2,12,14H,3-9H2. The highest BCUT2D eigenvalue weighted by Crippen LogP contribution is 2.21. The largest absolute Gasteiger partial charge is 0.391 e. The van der Waals surface area contributed by atoms with Crippen LogP contribution in [0.3, 0.4) is 0 Å². The van der Waals surface area contributed by atoms with E-state index in [2.05, 4.69) is 9.62 Å². The van der Waals surface area contributed by atoms with Crippen molar-refractivity contribution in [2.24, 2.45) is 0 Å². The fourth-order valence-electron chi connectivity index (χ4n) is 1.82. The molecule has 2 rings (SSSR count). The molecule has 2 N–H and O–H groups in total. The normalized spacial score (nSPS) is 17.7. The third kappa shape index (κ3) is 4.23. The molecular formula is C11H18N2O4S2. The van der Waals surface area contributed by atoms with Crippen LogP contribution in [0.2, 0.25) is 0 Å². The molecule has 8 heteroatoms. The third-order valence-corrected chi connectivity index (χ3v) is 5.90. The number of hydrogen-bond donors (Lipinski definition) is 2. The van der Waals surface area contributed by atoms with Gasteiger partial charge in [-0.2, -0.15) is 0 Å². The molecule has 0 bridgehead atoms. The lowest BCUT2D eigenvalue weighted by atomic mass is 10.4. The van der Waals surface area contributed by atoms with Gasteiger partial charge in [0.15, 0.2) is 0 Å². The first kappa shape index (κ1) is 14.9. The Morgan fingerprint density at radius 1 is 1.37 bits per heavy atom. The maximum Gasteiger partial charge on any atom is 0.250 e. The van der Waals surface area contributed by atoms with Gasteiger partial charge in [0.2, 0.25) is 10.0 Å². The lowest BCUT2D eigenvalue weighted by molar-refractivity contribution is 0.0390. The van der Waals surface area contributed by atoms with Gasteiger partial charge in [-0.1, -0.05) is 0 Å². The van der Waals surface area contributed by atoms with Gasteiger partial charge in [-0.15, -0.1) is 11.3 Å². The van der Waals surface area contributed by atoms with Gasteiger partial charge >= 0.3 is 0 Å². The van der Waals surface area contributed by atoms with Crippen molar-refractivity contribution in [3.63, 3.8) is 0 Å². The SMILES string of the molecule is O=S(=O)(NCCN1CCOCC1)c1ccc(CO)s1. The van der Waals surface area contributed by atoms with E-state index >= 15 is 0 Å². The number of ether oxygens (including phenoxy) is 1. The number of thiophene rings is 1. The number of nitrogens with zero attached hydrogens (tertiary/aromatic N) is 1. The molecule has 0 saturated carbocycles. The van der Waals surface area contributed by atoms with Gasteiger partial charge in [0.05, 0.1) is 19.8 Å². The average Bonchev–Trinajstić information content (AvgIpc) is 2.89. The Morgan fingerprint density at radius 2 is 2.11 bits per heavy atom. The minimum Gasteiger partial charge on any atom is -0.391 e. The topological polar surface area (TPSA) is 78.9 Å². The molecule has 0 aliphatic carbocycles. The summed E-state index contributed by atoms with van der Waals surface area (Å²) in [6, 6.07) is 3.15. The molecule has 0 amide bonds. The van der Waals surface area contributed by atoms with Crippen molar-refractivity contribution < 1.29 is 18.3 Å². The van der Waals surface area contributed by atoms with E-state index in [0.29, 0.717) is 31.2 Å². The molecule has 1 aliphatic heterocycles. The second kappa shape index (κ2) is 6.78. The maximum absolute atomic E-state index is 12.0. The molecule has 0 unspecified atom stereocenters. The van der Waals surface area contributed by atoms with Crippen LogP contribution in [0, 0.1) is 0 Å². The molecular weight excluding hydrogens is 288 g/mol. The third-order valence-electron chi connectivity index (χ3n) is 2.88. The summed E-state index contributed by atoms with van der Waals surface area (Å²) in [5.41, 5.74) is 0. The zero-order chi connectivity index (χ0) is 13.7. The lowest BCUT2D eigenvalue weighted by Crippen LogP contribution is -2.41. The van der Waals surface area contributed by atoms with Crippen LogP contribution in [-0.4, -0.2) is 57.8 Å². The summed E-state index contributed by atoms with van der Waals surface area (Å²) >= 11 is 1.09. The smallest absolute Gasteiger partial charge is 0.250 e. The molecule has 0 radical (unpaired) electrons. The van der Waals surface area contributed by atoms with Crippen LogP contribution in [0.4, 0.5) is 0 Å². The Labute approximate surface area is 117 Å². The highest BCUT2D eigenvalue weighted by atomic mass is 32.2. The van der Waals surface area contributed by atoms with Crippen LogP contribution in [0.25, 0.3) is 0 Å². The van der Waals surface area contributed by atoms with Gasteiger partial charge < -0.3 is 9.84 Å². The minimum absolute atomic E-state index is 0.131. The van der Waals surface area contributed by atoms with Crippen molar-refractivity contribution in [3.05, 3.63) is 17.0 Å². The number of nitrogens with one attached hydrogen (secondary N) is 1. The highest BCUT2D eigenvalue weighted by molar-refractivity contribution is 7.91. The zero-order valence-corrected chi connectivity index (χ0v) is 12.2. The van der Waals surface area contributed by atoms with Gasteiger partial charge in [0, 0.05) is 31.1 Å². The van der Waals surface area contributed by atoms with Gasteiger partial charge in [-0.25, -0.2) is 13.1 Å². The summed E-state index contributed by atoms with van der Waals surface area (Å²) in [6.45, 7) is 4.03. The van der Waals surface area contributed by atoms with Crippen LogP contribution < -0.4 is 4.72 Å². The summed E-state index contributed by atoms with van der Waals surface area (Å²) in [5.74, 6) is 0. The number of aliphatic hydroxyl groups is 1. The lowest BCUT2D eigenvalue weighted by Gasteiger charge is -2.26. The number of hydrogen-bond acceptors (Lipinski definition) is 6. The number of aliphatic hydroxyl groups excluding tert-OH is 1. The van der Waals surface area contributed by atoms with Gasteiger partial charge in [0.25, 0.3) is 0 Å². The van der Waals surface area contributed by atoms with Crippen molar-refractivity contribution in [2.45, 2.75) is 10.8 Å². The Kier molecular flexibility index (Phi) is 5.31. The van der Waals surface area contributed by atoms with E-state index < -0.39 is 10.0 Å². The first-order chi connectivity index (χ1) is 9.12. The van der Waals surface area contributed by atoms with Crippen LogP contribution >= 0.6 is 11.3 Å². The van der Waals surface area contributed by atoms with Crippen LogP contribution in [-0.2, 0) is 21.4 Å². The molecule has 1 fully saturated rings. The van der Waals surface area contributed by atoms with Gasteiger partial charge in [-0.05, 0) is 12.1 Å². The number of rotatable bonds is 6. The molecule has 6 nitrogen and oxygen atoms in total. The van der Waals surface area contributed by atoms with Gasteiger partial charge in [0.1, 0.15) is 4.21 Å². The molecule has 0 spiro atoms. The summed E-state index contributed by atoms with van der Waals surface area (Å²) in [6.07, 6.45) is 0. The molecule has 0 aromatic carbocycles. The zero-order valence-electron chi connectivity index (χ0n) is 10.5. The second-order valence-electron chi connectivity index (χ2n) is 4.23. The van der Waals surface area contributed by atoms with Crippen molar-refractivity contribution in [1.29, 1.82) is 0 Å². The van der Waals surface area contributed by atoms with E-state index in [9.17, 15) is 8.42 Å². The van der Waals surface area contributed by atoms with Crippen molar-refractivity contribution in [1.82, 2.24) is 9.62 Å². The molecule has 2 heterocycles. The maximum atomic E-state index is 12.0. The fraction of sp³-hybridized carbons (Fsp3) is 0.636. The Morgan fingerprint density at radius 3 is 2.74 bits per heavy atom. The predicted molar refractivity (Wildman–Crippen MR) is 72.7 cm³/mol. The van der Waals surface area contributed by atoms with Crippen molar-refractivity contribution in [2.75, 3.05) is 39.4 Å². The van der Waals surface area contributed by atoms with Gasteiger partial charge in [-0.3, -0.25) is 4.90 Å². The Hall–Kier alpha value is -0.510. The molecule has 1 saturated heterocycles. The van der Waals surface area contributed by atoms with Crippen molar-refractivity contribution >= 4 is 21.4 Å². The Balaban J connectivity index is 1.83. The molecule has 0 atom stereocenters. The number of morpholine rings is 1. The van der Waals surface area contributed by atoms with E-state index in [1.165, 1.54) is 6.07 Å². The van der Waals surface area contributed by atoms with E-state index in [1.54, 1.807) is 6.07 Å². The first-order valence-corrected chi connectivity index (χ1v) is 8.41. The quantitative estimate of drug-likeness (QED) is 0.764. The predicted octanol–water partition coefficient (Wildman–Crippen LogP) is -0.149. The summed E-state index contributed by atoms with van der Waals surface area (Å²) in [7, 11) is -3.45. The van der Waals surface area contributed by atoms with Crippen LogP contribution in [0.1, 0.15) is 4.88 Å². The molecule has 108 valence electrons. The molecule has 1 aromatic heterocycles. The average molecular weight is 306 g/mol. The van der Waals surface area contributed by atoms with E-state index in [1.807, 2.05) is 0 Å². The summed E-state index contributed by atoms with van der Waals surface area (Å²) in [4.78, 5) is 2.81. The molecule has 1 aliphatic rings.